The second-order valence-corrected chi connectivity index (χ2v) is 2.75. The maximum absolute atomic E-state index is 5.23. The van der Waals surface area contributed by atoms with Gasteiger partial charge in [0.2, 0.25) is 0 Å². The molecule has 0 aliphatic carbocycles. The summed E-state index contributed by atoms with van der Waals surface area (Å²) in [5.74, 6) is 4.95. The van der Waals surface area contributed by atoms with E-state index in [2.05, 4.69) is 18.8 Å². The van der Waals surface area contributed by atoms with Gasteiger partial charge in [0.05, 0.1) is 6.54 Å². The van der Waals surface area contributed by atoms with Gasteiger partial charge in [-0.3, -0.25) is 4.84 Å². The summed E-state index contributed by atoms with van der Waals surface area (Å²) < 4.78 is 0. The molecule has 72 valence electrons. The zero-order chi connectivity index (χ0) is 9.94. The molecule has 2 heteroatoms. The molecule has 0 heterocycles. The lowest BCUT2D eigenvalue weighted by atomic mass is 10.2. The van der Waals surface area contributed by atoms with Crippen LogP contribution in [-0.4, -0.2) is 24.8 Å². The first kappa shape index (κ1) is 12.0. The van der Waals surface area contributed by atoms with Crippen LogP contribution in [0.3, 0.4) is 0 Å². The average molecular weight is 179 g/mol. The van der Waals surface area contributed by atoms with E-state index in [9.17, 15) is 0 Å². The van der Waals surface area contributed by atoms with Crippen molar-refractivity contribution in [2.75, 3.05) is 19.7 Å². The minimum absolute atomic E-state index is 0.299. The Kier molecular flexibility index (Phi) is 8.46. The van der Waals surface area contributed by atoms with Gasteiger partial charge in [0, 0.05) is 6.54 Å². The van der Waals surface area contributed by atoms with Crippen LogP contribution in [0.5, 0.6) is 0 Å². The fourth-order valence-electron chi connectivity index (χ4n) is 0.958. The number of unbranched alkanes of at least 4 members (excludes halogenated alkanes) is 2. The molecule has 0 atom stereocenters. The molecule has 0 aromatic carbocycles. The van der Waals surface area contributed by atoms with Crippen molar-refractivity contribution in [3.05, 3.63) is 0 Å². The quantitative estimate of drug-likeness (QED) is 0.335. The Hall–Kier alpha value is -0.960. The summed E-state index contributed by atoms with van der Waals surface area (Å²) in [5.41, 5.74) is 0. The molecule has 0 aliphatic rings. The Bertz CT molecular complexity index is 187. The van der Waals surface area contributed by atoms with Crippen molar-refractivity contribution in [1.29, 1.82) is 0 Å². The molecule has 0 saturated heterocycles. The molecule has 0 saturated carbocycles. The van der Waals surface area contributed by atoms with Crippen molar-refractivity contribution in [2.24, 2.45) is 0 Å². The second-order valence-electron chi connectivity index (χ2n) is 2.75. The van der Waals surface area contributed by atoms with Crippen LogP contribution < -0.4 is 0 Å². The Morgan fingerprint density at radius 3 is 2.54 bits per heavy atom. The molecule has 0 unspecified atom stereocenters. The van der Waals surface area contributed by atoms with Gasteiger partial charge in [-0.1, -0.05) is 31.6 Å². The maximum Gasteiger partial charge on any atom is 0.129 e. The lowest BCUT2D eigenvalue weighted by Crippen LogP contribution is -2.25. The van der Waals surface area contributed by atoms with Gasteiger partial charge in [0.25, 0.3) is 0 Å². The molecule has 0 amide bonds. The first-order valence-electron chi connectivity index (χ1n) is 4.60. The third-order valence-corrected chi connectivity index (χ3v) is 1.61. The van der Waals surface area contributed by atoms with E-state index in [-0.39, 0.29) is 0 Å². The summed E-state index contributed by atoms with van der Waals surface area (Å²) in [6.45, 7) is 3.83. The smallest absolute Gasteiger partial charge is 0.129 e. The van der Waals surface area contributed by atoms with E-state index in [0.29, 0.717) is 13.2 Å². The molecule has 0 N–H and O–H groups in total. The van der Waals surface area contributed by atoms with Gasteiger partial charge in [-0.25, -0.2) is 0 Å². The highest BCUT2D eigenvalue weighted by molar-refractivity contribution is 4.87. The zero-order valence-corrected chi connectivity index (χ0v) is 8.25. The van der Waals surface area contributed by atoms with E-state index in [1.54, 1.807) is 5.06 Å². The Balaban J connectivity index is 3.56. The lowest BCUT2D eigenvalue weighted by molar-refractivity contribution is -0.137. The van der Waals surface area contributed by atoms with Crippen LogP contribution >= 0.6 is 0 Å². The highest BCUT2D eigenvalue weighted by Gasteiger charge is 2.01. The minimum atomic E-state index is 0.299. The molecular weight excluding hydrogens is 162 g/mol. The van der Waals surface area contributed by atoms with Gasteiger partial charge in [-0.2, -0.15) is 5.06 Å². The van der Waals surface area contributed by atoms with Crippen LogP contribution in [0.2, 0.25) is 0 Å². The predicted octanol–water partition coefficient (Wildman–Crippen LogP) is 1.68. The van der Waals surface area contributed by atoms with Crippen molar-refractivity contribution in [1.82, 2.24) is 5.06 Å². The number of terminal acetylenes is 2. The summed E-state index contributed by atoms with van der Waals surface area (Å²) in [7, 11) is 0. The molecule has 13 heavy (non-hydrogen) atoms. The fourth-order valence-corrected chi connectivity index (χ4v) is 0.958. The van der Waals surface area contributed by atoms with Crippen molar-refractivity contribution in [3.8, 4) is 24.7 Å². The molecular formula is C11H17NO. The first-order valence-corrected chi connectivity index (χ1v) is 4.60. The van der Waals surface area contributed by atoms with Crippen LogP contribution in [0, 0.1) is 24.7 Å². The monoisotopic (exact) mass is 179 g/mol. The van der Waals surface area contributed by atoms with Crippen LogP contribution in [0.4, 0.5) is 0 Å². The number of hydrogen-bond donors (Lipinski definition) is 0. The SMILES string of the molecule is C#CCON(CC#C)CCCCC. The molecule has 0 aromatic heterocycles. The summed E-state index contributed by atoms with van der Waals surface area (Å²) >= 11 is 0. The van der Waals surface area contributed by atoms with E-state index in [4.69, 9.17) is 17.7 Å². The Labute approximate surface area is 81.2 Å². The summed E-state index contributed by atoms with van der Waals surface area (Å²) in [5, 5.41) is 1.75. The third kappa shape index (κ3) is 7.40. The molecule has 0 radical (unpaired) electrons. The van der Waals surface area contributed by atoms with Gasteiger partial charge in [-0.15, -0.1) is 12.8 Å². The Morgan fingerprint density at radius 2 is 2.00 bits per heavy atom. The van der Waals surface area contributed by atoms with Gasteiger partial charge in [0.15, 0.2) is 0 Å². The largest absolute Gasteiger partial charge is 0.285 e. The molecule has 0 bridgehead atoms. The highest BCUT2D eigenvalue weighted by atomic mass is 16.7. The highest BCUT2D eigenvalue weighted by Crippen LogP contribution is 1.98. The fraction of sp³-hybridized carbons (Fsp3) is 0.636. The number of rotatable bonds is 7. The summed E-state index contributed by atoms with van der Waals surface area (Å²) in [4.78, 5) is 5.23. The minimum Gasteiger partial charge on any atom is -0.285 e. The topological polar surface area (TPSA) is 12.5 Å². The van der Waals surface area contributed by atoms with Crippen LogP contribution in [0.25, 0.3) is 0 Å². The van der Waals surface area contributed by atoms with Crippen LogP contribution in [-0.2, 0) is 4.84 Å². The Morgan fingerprint density at radius 1 is 1.23 bits per heavy atom. The number of hydrogen-bond acceptors (Lipinski definition) is 2. The molecule has 2 nitrogen and oxygen atoms in total. The second kappa shape index (κ2) is 9.13. The van der Waals surface area contributed by atoms with Gasteiger partial charge in [-0.05, 0) is 6.42 Å². The van der Waals surface area contributed by atoms with Gasteiger partial charge in [0.1, 0.15) is 6.61 Å². The van der Waals surface area contributed by atoms with Crippen molar-refractivity contribution in [2.45, 2.75) is 26.2 Å². The van der Waals surface area contributed by atoms with Gasteiger partial charge >= 0.3 is 0 Å². The number of hydroxylamine groups is 2. The lowest BCUT2D eigenvalue weighted by Gasteiger charge is -2.17. The molecule has 0 fully saturated rings. The van der Waals surface area contributed by atoms with E-state index in [0.717, 1.165) is 13.0 Å². The molecule has 0 aliphatic heterocycles. The van der Waals surface area contributed by atoms with E-state index in [1.807, 2.05) is 0 Å². The molecule has 0 spiro atoms. The van der Waals surface area contributed by atoms with E-state index >= 15 is 0 Å². The first-order chi connectivity index (χ1) is 6.35. The van der Waals surface area contributed by atoms with Gasteiger partial charge < -0.3 is 0 Å². The van der Waals surface area contributed by atoms with Crippen molar-refractivity contribution >= 4 is 0 Å². The summed E-state index contributed by atoms with van der Waals surface area (Å²) in [6, 6.07) is 0. The third-order valence-electron chi connectivity index (χ3n) is 1.61. The molecule has 0 rings (SSSR count). The van der Waals surface area contributed by atoms with Crippen molar-refractivity contribution < 1.29 is 4.84 Å². The van der Waals surface area contributed by atoms with Crippen molar-refractivity contribution in [3.63, 3.8) is 0 Å². The number of nitrogens with zero attached hydrogens (tertiary/aromatic N) is 1. The maximum atomic E-state index is 5.23. The predicted molar refractivity (Wildman–Crippen MR) is 54.7 cm³/mol. The van der Waals surface area contributed by atoms with E-state index in [1.165, 1.54) is 12.8 Å². The summed E-state index contributed by atoms with van der Waals surface area (Å²) in [6.07, 6.45) is 13.7. The normalized spacial score (nSPS) is 9.54. The zero-order valence-electron chi connectivity index (χ0n) is 8.25. The van der Waals surface area contributed by atoms with Crippen LogP contribution in [0.1, 0.15) is 26.2 Å². The molecule has 0 aromatic rings. The standard InChI is InChI=1S/C11H17NO/c1-4-7-8-10-12(9-5-2)13-11-6-3/h2-3H,4,7-11H2,1H3. The van der Waals surface area contributed by atoms with Crippen LogP contribution in [0.15, 0.2) is 0 Å². The average Bonchev–Trinajstić information content (AvgIpc) is 2.14. The van der Waals surface area contributed by atoms with E-state index < -0.39 is 0 Å².